The number of piperidine rings is 1. The fourth-order valence-corrected chi connectivity index (χ4v) is 1.22. The van der Waals surface area contributed by atoms with Gasteiger partial charge in [-0.3, -0.25) is 9.74 Å². The maximum atomic E-state index is 9.80. The lowest BCUT2D eigenvalue weighted by molar-refractivity contribution is -0.762. The van der Waals surface area contributed by atoms with E-state index in [1.54, 1.807) is 0 Å². The van der Waals surface area contributed by atoms with Crippen LogP contribution in [0.2, 0.25) is 0 Å². The van der Waals surface area contributed by atoms with Gasteiger partial charge in [0, 0.05) is 0 Å². The van der Waals surface area contributed by atoms with E-state index < -0.39 is 5.09 Å². The lowest BCUT2D eigenvalue weighted by atomic mass is 10.1. The van der Waals surface area contributed by atoms with Gasteiger partial charge < -0.3 is 0 Å². The Morgan fingerprint density at radius 1 is 1.36 bits per heavy atom. The van der Waals surface area contributed by atoms with Gasteiger partial charge in [0.05, 0.1) is 0 Å². The Labute approximate surface area is 65.0 Å². The van der Waals surface area contributed by atoms with Crippen molar-refractivity contribution in [1.82, 2.24) is 4.90 Å². The second-order valence-corrected chi connectivity index (χ2v) is 2.66. The van der Waals surface area contributed by atoms with Gasteiger partial charge in [-0.2, -0.15) is 0 Å². The van der Waals surface area contributed by atoms with Crippen molar-refractivity contribution >= 4 is 0 Å². The summed E-state index contributed by atoms with van der Waals surface area (Å²) < 4.78 is 0. The zero-order valence-electron chi connectivity index (χ0n) is 6.36. The molecule has 0 N–H and O–H groups in total. The first-order valence-corrected chi connectivity index (χ1v) is 3.79. The zero-order valence-corrected chi connectivity index (χ0v) is 6.36. The average molecular weight is 160 g/mol. The van der Waals surface area contributed by atoms with Crippen LogP contribution in [0.1, 0.15) is 19.3 Å². The van der Waals surface area contributed by atoms with Gasteiger partial charge >= 0.3 is 0 Å². The molecule has 11 heavy (non-hydrogen) atoms. The van der Waals surface area contributed by atoms with Crippen molar-refractivity contribution in [3.8, 4) is 0 Å². The molecule has 1 saturated heterocycles. The Hall–Kier alpha value is -0.840. The summed E-state index contributed by atoms with van der Waals surface area (Å²) in [6.45, 7) is 1.98. The number of hydrogen-bond acceptors (Lipinski definition) is 4. The zero-order chi connectivity index (χ0) is 8.10. The molecular formula is C6H12N2O3. The van der Waals surface area contributed by atoms with Crippen molar-refractivity contribution in [1.29, 1.82) is 0 Å². The third-order valence-corrected chi connectivity index (χ3v) is 1.79. The highest BCUT2D eigenvalue weighted by Crippen LogP contribution is 2.07. The number of likely N-dealkylation sites (tertiary alicyclic amines) is 1. The molecule has 0 radical (unpaired) electrons. The molecule has 0 atom stereocenters. The molecule has 0 aliphatic carbocycles. The van der Waals surface area contributed by atoms with Crippen molar-refractivity contribution in [2.75, 3.05) is 19.8 Å². The van der Waals surface area contributed by atoms with Crippen LogP contribution >= 0.6 is 0 Å². The molecule has 1 aliphatic rings. The van der Waals surface area contributed by atoms with E-state index in [1.165, 1.54) is 6.42 Å². The predicted molar refractivity (Wildman–Crippen MR) is 38.4 cm³/mol. The first-order chi connectivity index (χ1) is 5.29. The Morgan fingerprint density at radius 2 is 2.00 bits per heavy atom. The van der Waals surface area contributed by atoms with Gasteiger partial charge in [-0.25, -0.2) is 0 Å². The average Bonchev–Trinajstić information content (AvgIpc) is 2.03. The van der Waals surface area contributed by atoms with E-state index in [4.69, 9.17) is 0 Å². The molecule has 0 unspecified atom stereocenters. The summed E-state index contributed by atoms with van der Waals surface area (Å²) in [5.74, 6) is 0. The standard InChI is InChI=1S/C6H12N2O3/c9-8(10)11-6-7-4-2-1-3-5-7/h1-6H2. The van der Waals surface area contributed by atoms with E-state index in [0.29, 0.717) is 0 Å². The molecule has 0 spiro atoms. The van der Waals surface area contributed by atoms with Crippen LogP contribution in [0.5, 0.6) is 0 Å². The Kier molecular flexibility index (Phi) is 3.10. The quantitative estimate of drug-likeness (QED) is 0.449. The number of rotatable bonds is 3. The highest BCUT2D eigenvalue weighted by atomic mass is 17.0. The van der Waals surface area contributed by atoms with E-state index in [1.807, 2.05) is 4.90 Å². The number of nitrogens with zero attached hydrogens (tertiary/aromatic N) is 2. The molecule has 64 valence electrons. The molecule has 0 aromatic rings. The van der Waals surface area contributed by atoms with Gasteiger partial charge in [0.2, 0.25) is 0 Å². The monoisotopic (exact) mass is 160 g/mol. The van der Waals surface area contributed by atoms with E-state index in [2.05, 4.69) is 4.84 Å². The molecule has 1 aliphatic heterocycles. The number of hydrogen-bond donors (Lipinski definition) is 0. The van der Waals surface area contributed by atoms with Crippen molar-refractivity contribution in [2.24, 2.45) is 0 Å². The van der Waals surface area contributed by atoms with Crippen LogP contribution in [0.3, 0.4) is 0 Å². The second-order valence-electron chi connectivity index (χ2n) is 2.66. The summed E-state index contributed by atoms with van der Waals surface area (Å²) in [5.41, 5.74) is 0. The smallest absolute Gasteiger partial charge is 0.295 e. The first kappa shape index (κ1) is 8.26. The van der Waals surface area contributed by atoms with Gasteiger partial charge in [-0.05, 0) is 25.9 Å². The Morgan fingerprint density at radius 3 is 2.55 bits per heavy atom. The van der Waals surface area contributed by atoms with Crippen LogP contribution in [0, 0.1) is 10.1 Å². The molecular weight excluding hydrogens is 148 g/mol. The first-order valence-electron chi connectivity index (χ1n) is 3.79. The molecule has 1 rings (SSSR count). The largest absolute Gasteiger partial charge is 0.298 e. The van der Waals surface area contributed by atoms with Crippen molar-refractivity contribution < 1.29 is 9.92 Å². The van der Waals surface area contributed by atoms with Crippen molar-refractivity contribution in [3.63, 3.8) is 0 Å². The minimum absolute atomic E-state index is 0.132. The molecule has 0 aromatic heterocycles. The van der Waals surface area contributed by atoms with Crippen LogP contribution in [0.25, 0.3) is 0 Å². The predicted octanol–water partition coefficient (Wildman–Crippen LogP) is 0.638. The van der Waals surface area contributed by atoms with Gasteiger partial charge in [0.1, 0.15) is 6.73 Å². The highest BCUT2D eigenvalue weighted by Gasteiger charge is 2.10. The molecule has 5 nitrogen and oxygen atoms in total. The molecule has 1 heterocycles. The topological polar surface area (TPSA) is 55.6 Å². The van der Waals surface area contributed by atoms with Gasteiger partial charge in [0.15, 0.2) is 0 Å². The lowest BCUT2D eigenvalue weighted by Crippen LogP contribution is -2.32. The Bertz CT molecular complexity index is 134. The van der Waals surface area contributed by atoms with Crippen LogP contribution in [-0.4, -0.2) is 29.8 Å². The molecule has 0 amide bonds. The molecule has 0 saturated carbocycles. The van der Waals surface area contributed by atoms with Gasteiger partial charge in [-0.1, -0.05) is 6.42 Å². The van der Waals surface area contributed by atoms with E-state index in [-0.39, 0.29) is 6.73 Å². The van der Waals surface area contributed by atoms with Crippen molar-refractivity contribution in [2.45, 2.75) is 19.3 Å². The lowest BCUT2D eigenvalue weighted by Gasteiger charge is -2.24. The van der Waals surface area contributed by atoms with Crippen LogP contribution in [0.15, 0.2) is 0 Å². The normalized spacial score (nSPS) is 19.6. The van der Waals surface area contributed by atoms with E-state index in [9.17, 15) is 10.1 Å². The summed E-state index contributed by atoms with van der Waals surface area (Å²) in [6.07, 6.45) is 3.48. The maximum Gasteiger partial charge on any atom is 0.295 e. The van der Waals surface area contributed by atoms with E-state index in [0.717, 1.165) is 25.9 Å². The summed E-state index contributed by atoms with van der Waals surface area (Å²) in [6, 6.07) is 0. The fourth-order valence-electron chi connectivity index (χ4n) is 1.22. The molecule has 0 aromatic carbocycles. The maximum absolute atomic E-state index is 9.80. The van der Waals surface area contributed by atoms with Crippen LogP contribution in [0.4, 0.5) is 0 Å². The SMILES string of the molecule is O=[N+]([O-])OCN1CCCCC1. The second kappa shape index (κ2) is 4.12. The van der Waals surface area contributed by atoms with Crippen LogP contribution < -0.4 is 0 Å². The summed E-state index contributed by atoms with van der Waals surface area (Å²) >= 11 is 0. The third kappa shape index (κ3) is 3.18. The van der Waals surface area contributed by atoms with Gasteiger partial charge in [-0.15, -0.1) is 10.1 Å². The molecule has 0 bridgehead atoms. The van der Waals surface area contributed by atoms with Crippen molar-refractivity contribution in [3.05, 3.63) is 10.1 Å². The third-order valence-electron chi connectivity index (χ3n) is 1.79. The molecule has 5 heteroatoms. The Balaban J connectivity index is 2.09. The summed E-state index contributed by atoms with van der Waals surface area (Å²) in [5, 5.41) is 9.06. The summed E-state index contributed by atoms with van der Waals surface area (Å²) in [7, 11) is 0. The summed E-state index contributed by atoms with van der Waals surface area (Å²) in [4.78, 5) is 16.0. The van der Waals surface area contributed by atoms with Gasteiger partial charge in [0.25, 0.3) is 5.09 Å². The highest BCUT2D eigenvalue weighted by molar-refractivity contribution is 4.60. The fraction of sp³-hybridized carbons (Fsp3) is 1.00. The van der Waals surface area contributed by atoms with E-state index >= 15 is 0 Å². The minimum atomic E-state index is -0.741. The minimum Gasteiger partial charge on any atom is -0.298 e. The van der Waals surface area contributed by atoms with Crippen LogP contribution in [-0.2, 0) is 4.84 Å². The molecule has 1 fully saturated rings.